The van der Waals surface area contributed by atoms with Gasteiger partial charge >= 0.3 is 6.18 Å². The van der Waals surface area contributed by atoms with Gasteiger partial charge in [0.1, 0.15) is 0 Å². The Morgan fingerprint density at radius 2 is 1.53 bits per heavy atom. The Labute approximate surface area is 189 Å². The molecule has 1 aliphatic carbocycles. The highest BCUT2D eigenvalue weighted by atomic mass is 35.5. The number of hydrogen-bond acceptors (Lipinski definition) is 5. The number of hydrogen-bond donors (Lipinski definition) is 0. The van der Waals surface area contributed by atoms with Crippen molar-refractivity contribution in [2.45, 2.75) is 36.8 Å². The van der Waals surface area contributed by atoms with Crippen molar-refractivity contribution in [3.05, 3.63) is 28.8 Å². The first-order chi connectivity index (χ1) is 15.0. The van der Waals surface area contributed by atoms with Gasteiger partial charge in [-0.05, 0) is 31.0 Å². The fourth-order valence-corrected chi connectivity index (χ4v) is 6.39. The number of likely N-dealkylation sites (tertiary alicyclic amines) is 1. The molecule has 7 nitrogen and oxygen atoms in total. The summed E-state index contributed by atoms with van der Waals surface area (Å²) in [6.45, 7) is 0.694. The molecule has 0 N–H and O–H groups in total. The largest absolute Gasteiger partial charge is 0.417 e. The number of amides is 2. The van der Waals surface area contributed by atoms with E-state index in [4.69, 9.17) is 11.6 Å². The summed E-state index contributed by atoms with van der Waals surface area (Å²) in [5.41, 5.74) is -1.20. The number of sulfonamides is 1. The molecule has 0 spiro atoms. The molecule has 12 heteroatoms. The molecule has 4 rings (SSSR count). The second kappa shape index (κ2) is 8.58. The van der Waals surface area contributed by atoms with E-state index in [0.717, 1.165) is 42.1 Å². The number of nitrogens with zero attached hydrogens (tertiary/aromatic N) is 3. The Kier molecular flexibility index (Phi) is 6.30. The van der Waals surface area contributed by atoms with E-state index < -0.39 is 31.7 Å². The summed E-state index contributed by atoms with van der Waals surface area (Å²) >= 11 is 5.59. The van der Waals surface area contributed by atoms with Crippen LogP contribution in [0.25, 0.3) is 0 Å². The topological polar surface area (TPSA) is 78.0 Å². The van der Waals surface area contributed by atoms with Crippen LogP contribution in [0.5, 0.6) is 0 Å². The number of carbonyl (C=O) groups excluding carboxylic acids is 2. The Hall–Kier alpha value is -1.69. The zero-order valence-corrected chi connectivity index (χ0v) is 18.7. The minimum absolute atomic E-state index is 0.0371. The summed E-state index contributed by atoms with van der Waals surface area (Å²) in [5, 5.41) is -0.568. The van der Waals surface area contributed by atoms with Crippen LogP contribution in [0, 0.1) is 11.8 Å². The van der Waals surface area contributed by atoms with Crippen molar-refractivity contribution in [3.8, 4) is 0 Å². The number of piperazine rings is 1. The minimum atomic E-state index is -4.77. The average molecular weight is 494 g/mol. The summed E-state index contributed by atoms with van der Waals surface area (Å²) < 4.78 is 66.2. The van der Waals surface area contributed by atoms with Gasteiger partial charge in [-0.15, -0.1) is 0 Å². The standard InChI is InChI=1S/C20H23ClF3N3O4S/c21-17-6-5-13(11-16(17)20(22,23)24)32(30,31)26-9-7-25(8-10-26)12-27-18(28)14-3-1-2-4-15(14)19(27)29/h5-6,11,14-15H,1-4,7-10,12H2. The van der Waals surface area contributed by atoms with Crippen LogP contribution in [0.15, 0.2) is 23.1 Å². The van der Waals surface area contributed by atoms with Crippen molar-refractivity contribution in [3.63, 3.8) is 0 Å². The van der Waals surface area contributed by atoms with Crippen molar-refractivity contribution >= 4 is 33.4 Å². The highest BCUT2D eigenvalue weighted by Gasteiger charge is 2.48. The van der Waals surface area contributed by atoms with Crippen molar-refractivity contribution < 1.29 is 31.2 Å². The third-order valence-electron chi connectivity index (χ3n) is 6.49. The van der Waals surface area contributed by atoms with Crippen LogP contribution in [0.1, 0.15) is 31.2 Å². The first-order valence-electron chi connectivity index (χ1n) is 10.4. The van der Waals surface area contributed by atoms with Gasteiger partial charge in [0.15, 0.2) is 0 Å². The number of alkyl halides is 3. The summed E-state index contributed by atoms with van der Waals surface area (Å²) in [7, 11) is -4.15. The zero-order valence-electron chi connectivity index (χ0n) is 17.1. The van der Waals surface area contributed by atoms with Crippen molar-refractivity contribution in [2.75, 3.05) is 32.8 Å². The van der Waals surface area contributed by atoms with E-state index >= 15 is 0 Å². The van der Waals surface area contributed by atoms with Gasteiger partial charge in [0.2, 0.25) is 21.8 Å². The second-order valence-corrected chi connectivity index (χ2v) is 10.8. The van der Waals surface area contributed by atoms with Crippen LogP contribution >= 0.6 is 11.6 Å². The Bertz CT molecular complexity index is 1000. The number of benzene rings is 1. The summed E-state index contributed by atoms with van der Waals surface area (Å²) in [5.74, 6) is -0.803. The molecule has 0 bridgehead atoms. The molecule has 2 unspecified atom stereocenters. The molecule has 2 heterocycles. The van der Waals surface area contributed by atoms with Crippen LogP contribution in [0.3, 0.4) is 0 Å². The first-order valence-corrected chi connectivity index (χ1v) is 12.3. The maximum absolute atomic E-state index is 13.1. The highest BCUT2D eigenvalue weighted by molar-refractivity contribution is 7.89. The molecule has 2 aliphatic heterocycles. The van der Waals surface area contributed by atoms with E-state index in [0.29, 0.717) is 6.07 Å². The lowest BCUT2D eigenvalue weighted by molar-refractivity contribution is -0.143. The fourth-order valence-electron chi connectivity index (χ4n) is 4.71. The van der Waals surface area contributed by atoms with Crippen molar-refractivity contribution in [2.24, 2.45) is 11.8 Å². The molecular weight excluding hydrogens is 471 g/mol. The smallest absolute Gasteiger partial charge is 0.283 e. The lowest BCUT2D eigenvalue weighted by atomic mass is 9.81. The van der Waals surface area contributed by atoms with Gasteiger partial charge in [-0.1, -0.05) is 24.4 Å². The number of rotatable bonds is 4. The normalized spacial score (nSPS) is 25.9. The zero-order chi connectivity index (χ0) is 23.3. The van der Waals surface area contributed by atoms with Gasteiger partial charge in [-0.25, -0.2) is 8.42 Å². The molecule has 3 aliphatic rings. The van der Waals surface area contributed by atoms with E-state index in [1.807, 2.05) is 4.90 Å². The molecule has 0 radical (unpaired) electrons. The SMILES string of the molecule is O=C1C2CCCCC2C(=O)N1CN1CCN(S(=O)(=O)c2ccc(Cl)c(C(F)(F)F)c2)CC1. The van der Waals surface area contributed by atoms with Gasteiger partial charge in [0, 0.05) is 26.2 Å². The minimum Gasteiger partial charge on any atom is -0.283 e. The molecule has 32 heavy (non-hydrogen) atoms. The third-order valence-corrected chi connectivity index (χ3v) is 8.71. The van der Waals surface area contributed by atoms with Crippen LogP contribution in [-0.2, 0) is 25.8 Å². The molecule has 1 aromatic rings. The first kappa shape index (κ1) is 23.5. The van der Waals surface area contributed by atoms with Crippen LogP contribution in [0.4, 0.5) is 13.2 Å². The second-order valence-electron chi connectivity index (χ2n) is 8.40. The molecular formula is C20H23ClF3N3O4S. The predicted octanol–water partition coefficient (Wildman–Crippen LogP) is 2.80. The molecule has 1 saturated carbocycles. The van der Waals surface area contributed by atoms with Gasteiger partial charge in [0.25, 0.3) is 0 Å². The van der Waals surface area contributed by atoms with Gasteiger partial charge in [-0.2, -0.15) is 17.5 Å². The van der Waals surface area contributed by atoms with Gasteiger partial charge < -0.3 is 0 Å². The van der Waals surface area contributed by atoms with E-state index in [1.54, 1.807) is 0 Å². The maximum Gasteiger partial charge on any atom is 0.417 e. The lowest BCUT2D eigenvalue weighted by Gasteiger charge is -2.35. The molecule has 0 aromatic heterocycles. The molecule has 3 fully saturated rings. The van der Waals surface area contributed by atoms with Gasteiger partial charge in [0.05, 0.1) is 34.0 Å². The van der Waals surface area contributed by atoms with E-state index in [9.17, 15) is 31.2 Å². The molecule has 176 valence electrons. The Balaban J connectivity index is 1.41. The number of carbonyl (C=O) groups is 2. The Morgan fingerprint density at radius 1 is 0.969 bits per heavy atom. The average Bonchev–Trinajstić information content (AvgIpc) is 2.98. The third kappa shape index (κ3) is 4.27. The number of fused-ring (bicyclic) bond motifs is 1. The van der Waals surface area contributed by atoms with E-state index in [-0.39, 0.29) is 56.5 Å². The summed E-state index contributed by atoms with van der Waals surface area (Å²) in [6.07, 6.45) is -1.46. The highest BCUT2D eigenvalue weighted by Crippen LogP contribution is 2.38. The van der Waals surface area contributed by atoms with Crippen LogP contribution < -0.4 is 0 Å². The van der Waals surface area contributed by atoms with Crippen LogP contribution in [0.2, 0.25) is 5.02 Å². The number of imide groups is 1. The molecule has 2 amide bonds. The van der Waals surface area contributed by atoms with E-state index in [1.165, 1.54) is 4.90 Å². The summed E-state index contributed by atoms with van der Waals surface area (Å²) in [4.78, 5) is 27.9. The quantitative estimate of drug-likeness (QED) is 0.603. The van der Waals surface area contributed by atoms with Gasteiger partial charge in [-0.3, -0.25) is 19.4 Å². The Morgan fingerprint density at radius 3 is 2.06 bits per heavy atom. The van der Waals surface area contributed by atoms with Crippen molar-refractivity contribution in [1.82, 2.24) is 14.1 Å². The van der Waals surface area contributed by atoms with E-state index in [2.05, 4.69) is 0 Å². The molecule has 2 atom stereocenters. The summed E-state index contributed by atoms with van der Waals surface area (Å²) in [6, 6.07) is 2.54. The van der Waals surface area contributed by atoms with Crippen molar-refractivity contribution in [1.29, 1.82) is 0 Å². The molecule has 2 saturated heterocycles. The van der Waals surface area contributed by atoms with Crippen LogP contribution in [-0.4, -0.2) is 67.2 Å². The fraction of sp³-hybridized carbons (Fsp3) is 0.600. The lowest BCUT2D eigenvalue weighted by Crippen LogP contribution is -2.52. The predicted molar refractivity (Wildman–Crippen MR) is 109 cm³/mol. The monoisotopic (exact) mass is 493 g/mol. The molecule has 1 aromatic carbocycles. The maximum atomic E-state index is 13.1. The number of halogens is 4.